The molecule has 0 amide bonds. The molecule has 0 aliphatic rings. The molecule has 0 saturated carbocycles. The predicted molar refractivity (Wildman–Crippen MR) is 61.8 cm³/mol. The Hall–Kier alpha value is -1.84. The van der Waals surface area contributed by atoms with E-state index in [-0.39, 0.29) is 0 Å². The molecule has 0 aliphatic heterocycles. The van der Waals surface area contributed by atoms with Crippen molar-refractivity contribution in [1.29, 1.82) is 0 Å². The van der Waals surface area contributed by atoms with Gasteiger partial charge in [0.05, 0.1) is 5.52 Å². The third-order valence-corrected chi connectivity index (χ3v) is 2.57. The summed E-state index contributed by atoms with van der Waals surface area (Å²) < 4.78 is 0.688. The van der Waals surface area contributed by atoms with E-state index in [2.05, 4.69) is 11.9 Å². The molecule has 4 nitrogen and oxygen atoms in total. The van der Waals surface area contributed by atoms with E-state index in [1.165, 1.54) is 0 Å². The molecule has 0 radical (unpaired) electrons. The average molecular weight is 218 g/mol. The molecule has 4 heteroatoms. The third kappa shape index (κ3) is 1.78. The molecule has 0 saturated heterocycles. The Morgan fingerprint density at radius 1 is 1.38 bits per heavy atom. The van der Waals surface area contributed by atoms with Gasteiger partial charge in [0.2, 0.25) is 0 Å². The molecule has 0 atom stereocenters. The number of nitrogens with zero attached hydrogens (tertiary/aromatic N) is 2. The molecule has 2 aromatic rings. The fourth-order valence-electron chi connectivity index (χ4n) is 1.67. The summed E-state index contributed by atoms with van der Waals surface area (Å²) in [7, 11) is 0. The molecule has 0 bridgehead atoms. The molecular weight excluding hydrogens is 204 g/mol. The van der Waals surface area contributed by atoms with Crippen molar-refractivity contribution in [1.82, 2.24) is 9.71 Å². The van der Waals surface area contributed by atoms with Gasteiger partial charge in [-0.05, 0) is 25.0 Å². The average Bonchev–Trinajstić information content (AvgIpc) is 2.32. The molecule has 16 heavy (non-hydrogen) atoms. The van der Waals surface area contributed by atoms with Gasteiger partial charge in [0.15, 0.2) is 0 Å². The second-order valence-electron chi connectivity index (χ2n) is 3.77. The maximum absolute atomic E-state index is 11.7. The summed E-state index contributed by atoms with van der Waals surface area (Å²) in [6, 6.07) is 7.07. The van der Waals surface area contributed by atoms with Crippen molar-refractivity contribution in [3.05, 3.63) is 40.3 Å². The Morgan fingerprint density at radius 2 is 2.12 bits per heavy atom. The Balaban J connectivity index is 2.60. The number of benzene rings is 1. The topological polar surface area (TPSA) is 55.1 Å². The first-order chi connectivity index (χ1) is 7.74. The summed E-state index contributed by atoms with van der Waals surface area (Å²) in [5, 5.41) is 9.70. The lowest BCUT2D eigenvalue weighted by Crippen LogP contribution is -2.24. The Morgan fingerprint density at radius 3 is 2.88 bits per heavy atom. The maximum atomic E-state index is 11.7. The fraction of sp³-hybridized carbons (Fsp3) is 0.333. The van der Waals surface area contributed by atoms with Gasteiger partial charge in [0.1, 0.15) is 11.2 Å². The summed E-state index contributed by atoms with van der Waals surface area (Å²) in [5.41, 5.74) is 1.12. The van der Waals surface area contributed by atoms with Crippen molar-refractivity contribution < 1.29 is 5.21 Å². The minimum atomic E-state index is -0.410. The van der Waals surface area contributed by atoms with Crippen molar-refractivity contribution in [3.8, 4) is 0 Å². The molecule has 1 N–H and O–H groups in total. The van der Waals surface area contributed by atoms with Crippen LogP contribution in [0.5, 0.6) is 0 Å². The lowest BCUT2D eigenvalue weighted by atomic mass is 10.2. The minimum absolute atomic E-state index is 0.410. The smallest absolute Gasteiger partial charge is 0.305 e. The van der Waals surface area contributed by atoms with E-state index < -0.39 is 5.56 Å². The monoisotopic (exact) mass is 218 g/mol. The van der Waals surface area contributed by atoms with Crippen LogP contribution in [-0.4, -0.2) is 14.9 Å². The van der Waals surface area contributed by atoms with Gasteiger partial charge in [-0.25, -0.2) is 4.98 Å². The summed E-state index contributed by atoms with van der Waals surface area (Å²) in [6.07, 6.45) is 2.51. The molecule has 1 aromatic heterocycles. The van der Waals surface area contributed by atoms with Gasteiger partial charge < -0.3 is 5.21 Å². The third-order valence-electron chi connectivity index (χ3n) is 2.57. The molecule has 1 heterocycles. The number of aromatic nitrogens is 2. The number of para-hydroxylation sites is 2. The van der Waals surface area contributed by atoms with Crippen molar-refractivity contribution in [2.75, 3.05) is 0 Å². The first-order valence-corrected chi connectivity index (χ1v) is 5.44. The number of hydrogen-bond acceptors (Lipinski definition) is 3. The summed E-state index contributed by atoms with van der Waals surface area (Å²) in [4.78, 5) is 16.0. The molecule has 0 aliphatic carbocycles. The van der Waals surface area contributed by atoms with Crippen LogP contribution in [0, 0.1) is 0 Å². The van der Waals surface area contributed by atoms with Crippen molar-refractivity contribution in [2.45, 2.75) is 26.2 Å². The summed E-state index contributed by atoms with van der Waals surface area (Å²) in [6.45, 7) is 2.05. The quantitative estimate of drug-likeness (QED) is 0.801. The number of aryl methyl sites for hydroxylation is 1. The van der Waals surface area contributed by atoms with Crippen LogP contribution in [0.2, 0.25) is 0 Å². The van der Waals surface area contributed by atoms with Crippen LogP contribution < -0.4 is 5.56 Å². The van der Waals surface area contributed by atoms with Gasteiger partial charge in [-0.3, -0.25) is 4.79 Å². The van der Waals surface area contributed by atoms with Crippen LogP contribution >= 0.6 is 0 Å². The van der Waals surface area contributed by atoms with Gasteiger partial charge in [0, 0.05) is 0 Å². The van der Waals surface area contributed by atoms with Crippen molar-refractivity contribution >= 4 is 11.0 Å². The van der Waals surface area contributed by atoms with E-state index in [0.717, 1.165) is 12.8 Å². The molecule has 84 valence electrons. The molecule has 0 fully saturated rings. The van der Waals surface area contributed by atoms with E-state index in [4.69, 9.17) is 0 Å². The van der Waals surface area contributed by atoms with Crippen molar-refractivity contribution in [2.24, 2.45) is 0 Å². The highest BCUT2D eigenvalue weighted by molar-refractivity contribution is 5.74. The second-order valence-corrected chi connectivity index (χ2v) is 3.77. The van der Waals surface area contributed by atoms with Crippen LogP contribution in [0.25, 0.3) is 11.0 Å². The highest BCUT2D eigenvalue weighted by Crippen LogP contribution is 2.09. The second kappa shape index (κ2) is 4.35. The van der Waals surface area contributed by atoms with Gasteiger partial charge >= 0.3 is 5.56 Å². The fourth-order valence-corrected chi connectivity index (χ4v) is 1.67. The maximum Gasteiger partial charge on any atom is 0.305 e. The van der Waals surface area contributed by atoms with Gasteiger partial charge in [-0.1, -0.05) is 25.5 Å². The van der Waals surface area contributed by atoms with Gasteiger partial charge in [-0.15, -0.1) is 4.73 Å². The number of unbranched alkanes of at least 4 members (excludes halogenated alkanes) is 1. The normalized spacial score (nSPS) is 10.8. The lowest BCUT2D eigenvalue weighted by molar-refractivity contribution is 0.186. The van der Waals surface area contributed by atoms with Gasteiger partial charge in [-0.2, -0.15) is 0 Å². The predicted octanol–water partition coefficient (Wildman–Crippen LogP) is 1.98. The largest absolute Gasteiger partial charge is 0.425 e. The van der Waals surface area contributed by atoms with Crippen LogP contribution in [0.4, 0.5) is 0 Å². The lowest BCUT2D eigenvalue weighted by Gasteiger charge is -2.05. The first kappa shape index (κ1) is 10.7. The zero-order valence-electron chi connectivity index (χ0n) is 9.18. The number of rotatable bonds is 3. The van der Waals surface area contributed by atoms with E-state index >= 15 is 0 Å². The Bertz CT molecular complexity index is 560. The Labute approximate surface area is 93.1 Å². The minimum Gasteiger partial charge on any atom is -0.425 e. The molecule has 2 rings (SSSR count). The van der Waals surface area contributed by atoms with Crippen molar-refractivity contribution in [3.63, 3.8) is 0 Å². The molecule has 0 spiro atoms. The zero-order chi connectivity index (χ0) is 11.5. The standard InChI is InChI=1S/C12H14N2O2/c1-2-3-6-10-12(15)14(16)11-8-5-4-7-9(11)13-10/h4-5,7-8,16H,2-3,6H2,1H3. The summed E-state index contributed by atoms with van der Waals surface area (Å²) in [5.74, 6) is 0. The van der Waals surface area contributed by atoms with Gasteiger partial charge in [0.25, 0.3) is 0 Å². The van der Waals surface area contributed by atoms with E-state index in [9.17, 15) is 10.0 Å². The van der Waals surface area contributed by atoms with Crippen LogP contribution in [0.3, 0.4) is 0 Å². The summed E-state index contributed by atoms with van der Waals surface area (Å²) >= 11 is 0. The Kier molecular flexibility index (Phi) is 2.90. The highest BCUT2D eigenvalue weighted by Gasteiger charge is 2.08. The van der Waals surface area contributed by atoms with E-state index in [1.807, 2.05) is 6.07 Å². The zero-order valence-corrected chi connectivity index (χ0v) is 9.18. The van der Waals surface area contributed by atoms with Crippen LogP contribution in [0.1, 0.15) is 25.5 Å². The number of hydrogen-bond donors (Lipinski definition) is 1. The van der Waals surface area contributed by atoms with E-state index in [1.54, 1.807) is 18.2 Å². The van der Waals surface area contributed by atoms with Crippen LogP contribution in [-0.2, 0) is 6.42 Å². The number of fused-ring (bicyclic) bond motifs is 1. The molecular formula is C12H14N2O2. The first-order valence-electron chi connectivity index (χ1n) is 5.44. The SMILES string of the molecule is CCCCc1nc2ccccc2n(O)c1=O. The molecule has 1 aromatic carbocycles. The van der Waals surface area contributed by atoms with E-state index in [0.29, 0.717) is 27.9 Å². The van der Waals surface area contributed by atoms with Crippen LogP contribution in [0.15, 0.2) is 29.1 Å². The highest BCUT2D eigenvalue weighted by atomic mass is 16.5. The molecule has 0 unspecified atom stereocenters.